The molecule has 2 N–H and O–H groups in total. The van der Waals surface area contributed by atoms with Gasteiger partial charge in [0.05, 0.1) is 7.11 Å². The molecule has 1 amide bonds. The molecule has 2 rings (SSSR count). The van der Waals surface area contributed by atoms with Crippen LogP contribution in [0.5, 0.6) is 0 Å². The van der Waals surface area contributed by atoms with Crippen LogP contribution in [0.25, 0.3) is 0 Å². The number of benzene rings is 2. The second kappa shape index (κ2) is 6.52. The number of ether oxygens (including phenoxy) is 1. The van der Waals surface area contributed by atoms with Gasteiger partial charge in [-0.25, -0.2) is 4.79 Å². The number of hydrogen-bond donors (Lipinski definition) is 2. The first-order chi connectivity index (χ1) is 10.4. The van der Waals surface area contributed by atoms with E-state index in [0.717, 1.165) is 11.4 Å². The largest absolute Gasteiger partial charge is 0.453 e. The van der Waals surface area contributed by atoms with Gasteiger partial charge in [0, 0.05) is 17.1 Å². The van der Waals surface area contributed by atoms with Gasteiger partial charge in [-0.2, -0.15) is 0 Å². The summed E-state index contributed by atoms with van der Waals surface area (Å²) in [5.74, 6) is 0. The highest BCUT2D eigenvalue weighted by atomic mass is 16.5. The molecule has 0 radical (unpaired) electrons. The van der Waals surface area contributed by atoms with Crippen molar-refractivity contribution in [2.24, 2.45) is 0 Å². The van der Waals surface area contributed by atoms with Gasteiger partial charge in [0.1, 0.15) is 0 Å². The molecule has 0 bridgehead atoms. The monoisotopic (exact) mass is 298 g/mol. The fourth-order valence-corrected chi connectivity index (χ4v) is 2.03. The minimum Gasteiger partial charge on any atom is -0.453 e. The van der Waals surface area contributed by atoms with Crippen molar-refractivity contribution >= 4 is 23.2 Å². The fraction of sp³-hybridized carbons (Fsp3) is 0.278. The fourth-order valence-electron chi connectivity index (χ4n) is 2.03. The molecule has 0 spiro atoms. The van der Waals surface area contributed by atoms with Gasteiger partial charge in [-0.05, 0) is 47.4 Å². The van der Waals surface area contributed by atoms with Crippen LogP contribution in [0.2, 0.25) is 0 Å². The Hall–Kier alpha value is -2.49. The Balaban J connectivity index is 2.03. The SMILES string of the molecule is COC(=O)Nc1ccc(Nc2ccc(C(C)(C)C)cc2)cc1. The van der Waals surface area contributed by atoms with Crippen molar-refractivity contribution in [3.8, 4) is 0 Å². The standard InChI is InChI=1S/C18H22N2O2/c1-18(2,3)13-5-7-14(8-6-13)19-15-9-11-16(12-10-15)20-17(21)22-4/h5-12,19H,1-4H3,(H,20,21). The summed E-state index contributed by atoms with van der Waals surface area (Å²) in [4.78, 5) is 11.1. The van der Waals surface area contributed by atoms with Crippen LogP contribution in [0.1, 0.15) is 26.3 Å². The van der Waals surface area contributed by atoms with Gasteiger partial charge in [0.2, 0.25) is 0 Å². The van der Waals surface area contributed by atoms with E-state index in [1.54, 1.807) is 0 Å². The lowest BCUT2D eigenvalue weighted by atomic mass is 9.87. The second-order valence-corrected chi connectivity index (χ2v) is 6.15. The van der Waals surface area contributed by atoms with Gasteiger partial charge in [-0.3, -0.25) is 5.32 Å². The van der Waals surface area contributed by atoms with E-state index in [-0.39, 0.29) is 5.41 Å². The van der Waals surface area contributed by atoms with E-state index in [9.17, 15) is 4.79 Å². The molecule has 0 fully saturated rings. The third kappa shape index (κ3) is 4.25. The lowest BCUT2D eigenvalue weighted by Crippen LogP contribution is -2.10. The third-order valence-corrected chi connectivity index (χ3v) is 3.36. The molecule has 0 unspecified atom stereocenters. The Morgan fingerprint density at radius 2 is 1.32 bits per heavy atom. The molecule has 0 atom stereocenters. The Morgan fingerprint density at radius 1 is 0.864 bits per heavy atom. The highest BCUT2D eigenvalue weighted by Gasteiger charge is 2.12. The Kier molecular flexibility index (Phi) is 4.71. The Labute approximate surface area is 131 Å². The van der Waals surface area contributed by atoms with Crippen LogP contribution in [0.15, 0.2) is 48.5 Å². The van der Waals surface area contributed by atoms with Gasteiger partial charge >= 0.3 is 6.09 Å². The van der Waals surface area contributed by atoms with Crippen LogP contribution >= 0.6 is 0 Å². The molecule has 0 aliphatic heterocycles. The van der Waals surface area contributed by atoms with Crippen molar-refractivity contribution in [2.45, 2.75) is 26.2 Å². The maximum Gasteiger partial charge on any atom is 0.411 e. The average Bonchev–Trinajstić information content (AvgIpc) is 2.49. The average molecular weight is 298 g/mol. The summed E-state index contributed by atoms with van der Waals surface area (Å²) >= 11 is 0. The zero-order valence-electron chi connectivity index (χ0n) is 13.4. The molecule has 22 heavy (non-hydrogen) atoms. The van der Waals surface area contributed by atoms with Crippen molar-refractivity contribution < 1.29 is 9.53 Å². The highest BCUT2D eigenvalue weighted by Crippen LogP contribution is 2.25. The maximum absolute atomic E-state index is 11.1. The number of carbonyl (C=O) groups is 1. The third-order valence-electron chi connectivity index (χ3n) is 3.36. The van der Waals surface area contributed by atoms with E-state index in [1.165, 1.54) is 12.7 Å². The van der Waals surface area contributed by atoms with Crippen molar-refractivity contribution in [3.63, 3.8) is 0 Å². The van der Waals surface area contributed by atoms with Crippen molar-refractivity contribution in [1.29, 1.82) is 0 Å². The number of amides is 1. The predicted octanol–water partition coefficient (Wildman–Crippen LogP) is 4.91. The van der Waals surface area contributed by atoms with Gasteiger partial charge in [0.15, 0.2) is 0 Å². The first-order valence-corrected chi connectivity index (χ1v) is 7.21. The van der Waals surface area contributed by atoms with Crippen LogP contribution in [0, 0.1) is 0 Å². The minimum absolute atomic E-state index is 0.153. The molecule has 2 aromatic carbocycles. The number of rotatable bonds is 3. The number of methoxy groups -OCH3 is 1. The van der Waals surface area contributed by atoms with Crippen LogP contribution in [0.4, 0.5) is 21.9 Å². The molecule has 0 aromatic heterocycles. The quantitative estimate of drug-likeness (QED) is 0.846. The lowest BCUT2D eigenvalue weighted by Gasteiger charge is -2.19. The van der Waals surface area contributed by atoms with Gasteiger partial charge in [-0.1, -0.05) is 32.9 Å². The number of carbonyl (C=O) groups excluding carboxylic acids is 1. The highest BCUT2D eigenvalue weighted by molar-refractivity contribution is 5.84. The molecule has 0 saturated carbocycles. The predicted molar refractivity (Wildman–Crippen MR) is 90.9 cm³/mol. The van der Waals surface area contributed by atoms with Crippen LogP contribution < -0.4 is 10.6 Å². The summed E-state index contributed by atoms with van der Waals surface area (Å²) in [6, 6.07) is 15.9. The zero-order chi connectivity index (χ0) is 16.2. The van der Waals surface area contributed by atoms with E-state index in [2.05, 4.69) is 60.4 Å². The Bertz CT molecular complexity index is 626. The molecule has 2 aromatic rings. The topological polar surface area (TPSA) is 50.4 Å². The summed E-state index contributed by atoms with van der Waals surface area (Å²) < 4.78 is 4.55. The normalized spacial score (nSPS) is 10.9. The molecule has 116 valence electrons. The summed E-state index contributed by atoms with van der Waals surface area (Å²) in [5.41, 5.74) is 4.14. The molecule has 0 heterocycles. The second-order valence-electron chi connectivity index (χ2n) is 6.15. The number of anilines is 3. The van der Waals surface area contributed by atoms with Gasteiger partial charge in [-0.15, -0.1) is 0 Å². The Morgan fingerprint density at radius 3 is 1.77 bits per heavy atom. The molecule has 4 heteroatoms. The van der Waals surface area contributed by atoms with Crippen molar-refractivity contribution in [3.05, 3.63) is 54.1 Å². The first-order valence-electron chi connectivity index (χ1n) is 7.21. The lowest BCUT2D eigenvalue weighted by molar-refractivity contribution is 0.187. The van der Waals surface area contributed by atoms with Gasteiger partial charge in [0.25, 0.3) is 0 Å². The van der Waals surface area contributed by atoms with Crippen LogP contribution in [0.3, 0.4) is 0 Å². The molecule has 0 saturated heterocycles. The molecular weight excluding hydrogens is 276 g/mol. The number of nitrogens with one attached hydrogen (secondary N) is 2. The van der Waals surface area contributed by atoms with E-state index in [4.69, 9.17) is 0 Å². The van der Waals surface area contributed by atoms with E-state index >= 15 is 0 Å². The summed E-state index contributed by atoms with van der Waals surface area (Å²) in [6.45, 7) is 6.59. The number of hydrogen-bond acceptors (Lipinski definition) is 3. The molecule has 0 aliphatic rings. The zero-order valence-corrected chi connectivity index (χ0v) is 13.4. The van der Waals surface area contributed by atoms with Gasteiger partial charge < -0.3 is 10.1 Å². The maximum atomic E-state index is 11.1. The van der Waals surface area contributed by atoms with E-state index in [0.29, 0.717) is 5.69 Å². The van der Waals surface area contributed by atoms with E-state index in [1.807, 2.05) is 24.3 Å². The molecule has 4 nitrogen and oxygen atoms in total. The summed E-state index contributed by atoms with van der Waals surface area (Å²) in [6.07, 6.45) is -0.474. The summed E-state index contributed by atoms with van der Waals surface area (Å²) in [7, 11) is 1.34. The van der Waals surface area contributed by atoms with Crippen LogP contribution in [-0.2, 0) is 10.2 Å². The first kappa shape index (κ1) is 15.9. The molecule has 0 aliphatic carbocycles. The van der Waals surface area contributed by atoms with E-state index < -0.39 is 6.09 Å². The minimum atomic E-state index is -0.474. The van der Waals surface area contributed by atoms with Crippen molar-refractivity contribution in [1.82, 2.24) is 0 Å². The summed E-state index contributed by atoms with van der Waals surface area (Å²) in [5, 5.41) is 5.95. The van der Waals surface area contributed by atoms with Crippen LogP contribution in [-0.4, -0.2) is 13.2 Å². The van der Waals surface area contributed by atoms with Crippen molar-refractivity contribution in [2.75, 3.05) is 17.7 Å². The molecular formula is C18H22N2O2. The smallest absolute Gasteiger partial charge is 0.411 e.